The number of likely N-dealkylation sites (N-methyl/N-ethyl adjacent to an activating group) is 1. The molecular weight excluding hydrogens is 334 g/mol. The third-order valence-corrected chi connectivity index (χ3v) is 5.88. The molecular formula is C19H25N3O4. The van der Waals surface area contributed by atoms with E-state index in [4.69, 9.17) is 9.47 Å². The highest BCUT2D eigenvalue weighted by molar-refractivity contribution is 5.91. The summed E-state index contributed by atoms with van der Waals surface area (Å²) in [7, 11) is 4.66. The molecule has 1 atom stereocenters. The Kier molecular flexibility index (Phi) is 4.13. The molecule has 3 rings (SSSR count). The maximum absolute atomic E-state index is 12.4. The lowest BCUT2D eigenvalue weighted by Crippen LogP contribution is -2.67. The van der Waals surface area contributed by atoms with E-state index in [1.165, 1.54) is 14.2 Å². The molecule has 2 aliphatic rings. The zero-order chi connectivity index (χ0) is 19.3. The average Bonchev–Trinajstić information content (AvgIpc) is 3.02. The first-order valence-electron chi connectivity index (χ1n) is 8.48. The summed E-state index contributed by atoms with van der Waals surface area (Å²) < 4.78 is 9.80. The van der Waals surface area contributed by atoms with Crippen LogP contribution >= 0.6 is 0 Å². The van der Waals surface area contributed by atoms with Crippen LogP contribution in [0.5, 0.6) is 0 Å². The van der Waals surface area contributed by atoms with Crippen LogP contribution in [0.2, 0.25) is 0 Å². The number of allylic oxidation sites excluding steroid dienone is 1. The third-order valence-electron chi connectivity index (χ3n) is 5.88. The summed E-state index contributed by atoms with van der Waals surface area (Å²) in [6.45, 7) is 6.05. The first-order valence-corrected chi connectivity index (χ1v) is 8.48. The van der Waals surface area contributed by atoms with E-state index in [0.717, 1.165) is 11.3 Å². The molecule has 26 heavy (non-hydrogen) atoms. The SMILES string of the molecule is COC(=O)NN1C(C)=C(C(=O)OC)CC12N(C)c1ccccc1C2(C)C. The Morgan fingerprint density at radius 1 is 1.15 bits per heavy atom. The van der Waals surface area contributed by atoms with Crippen LogP contribution in [-0.2, 0) is 19.7 Å². The van der Waals surface area contributed by atoms with Crippen molar-refractivity contribution in [3.63, 3.8) is 0 Å². The van der Waals surface area contributed by atoms with Gasteiger partial charge in [-0.1, -0.05) is 32.0 Å². The first-order chi connectivity index (χ1) is 12.2. The normalized spacial score (nSPS) is 23.3. The van der Waals surface area contributed by atoms with Gasteiger partial charge in [-0.05, 0) is 18.6 Å². The van der Waals surface area contributed by atoms with E-state index in [-0.39, 0.29) is 0 Å². The lowest BCUT2D eigenvalue weighted by Gasteiger charge is -2.50. The van der Waals surface area contributed by atoms with Gasteiger partial charge in [0, 0.05) is 30.3 Å². The van der Waals surface area contributed by atoms with Gasteiger partial charge in [-0.25, -0.2) is 15.0 Å². The predicted molar refractivity (Wildman–Crippen MR) is 97.3 cm³/mol. The van der Waals surface area contributed by atoms with E-state index in [2.05, 4.69) is 30.2 Å². The van der Waals surface area contributed by atoms with Crippen LogP contribution in [0.4, 0.5) is 10.5 Å². The van der Waals surface area contributed by atoms with Gasteiger partial charge in [-0.15, -0.1) is 0 Å². The van der Waals surface area contributed by atoms with Crippen molar-refractivity contribution in [1.82, 2.24) is 10.4 Å². The van der Waals surface area contributed by atoms with Crippen LogP contribution in [-0.4, -0.2) is 44.0 Å². The fraction of sp³-hybridized carbons (Fsp3) is 0.474. The number of esters is 1. The maximum Gasteiger partial charge on any atom is 0.425 e. The molecule has 0 bridgehead atoms. The van der Waals surface area contributed by atoms with Crippen LogP contribution in [0.25, 0.3) is 0 Å². The second-order valence-corrected chi connectivity index (χ2v) is 7.19. The van der Waals surface area contributed by atoms with Gasteiger partial charge in [0.25, 0.3) is 0 Å². The lowest BCUT2D eigenvalue weighted by atomic mass is 9.74. The van der Waals surface area contributed by atoms with E-state index in [1.54, 1.807) is 5.01 Å². The maximum atomic E-state index is 12.4. The Hall–Kier alpha value is -2.70. The molecule has 2 heterocycles. The fourth-order valence-corrected chi connectivity index (χ4v) is 4.42. The van der Waals surface area contributed by atoms with Crippen molar-refractivity contribution >= 4 is 17.7 Å². The van der Waals surface area contributed by atoms with E-state index < -0.39 is 23.1 Å². The van der Waals surface area contributed by atoms with Crippen LogP contribution in [0.15, 0.2) is 35.5 Å². The van der Waals surface area contributed by atoms with Gasteiger partial charge in [0.1, 0.15) is 5.66 Å². The number of methoxy groups -OCH3 is 2. The van der Waals surface area contributed by atoms with Crippen LogP contribution in [0.1, 0.15) is 32.8 Å². The predicted octanol–water partition coefficient (Wildman–Crippen LogP) is 2.53. The Morgan fingerprint density at radius 3 is 2.38 bits per heavy atom. The summed E-state index contributed by atoms with van der Waals surface area (Å²) >= 11 is 0. The third kappa shape index (κ3) is 2.12. The highest BCUT2D eigenvalue weighted by Gasteiger charge is 2.63. The molecule has 0 radical (unpaired) electrons. The number of hydrogen-bond acceptors (Lipinski definition) is 6. The summed E-state index contributed by atoms with van der Waals surface area (Å²) in [5.41, 5.74) is 5.12. The highest BCUT2D eigenvalue weighted by Crippen LogP contribution is 2.58. The Bertz CT molecular complexity index is 802. The summed E-state index contributed by atoms with van der Waals surface area (Å²) in [6.07, 6.45) is -0.178. The standard InChI is InChI=1S/C19H25N3O4/c1-12-13(16(23)25-5)11-19(22(12)20-17(24)26-6)18(2,3)14-9-7-8-10-15(14)21(19)4/h7-10H,11H2,1-6H3,(H,20,24). The van der Waals surface area contributed by atoms with Crippen LogP contribution in [0, 0.1) is 0 Å². The monoisotopic (exact) mass is 359 g/mol. The van der Waals surface area contributed by atoms with Gasteiger partial charge in [0.05, 0.1) is 19.8 Å². The number of ether oxygens (including phenoxy) is 2. The van der Waals surface area contributed by atoms with Gasteiger partial charge in [0.2, 0.25) is 0 Å². The summed E-state index contributed by atoms with van der Waals surface area (Å²) in [4.78, 5) is 26.6. The molecule has 0 saturated heterocycles. The van der Waals surface area contributed by atoms with Gasteiger partial charge < -0.3 is 14.4 Å². The van der Waals surface area contributed by atoms with E-state index in [0.29, 0.717) is 17.7 Å². The lowest BCUT2D eigenvalue weighted by molar-refractivity contribution is -0.136. The van der Waals surface area contributed by atoms with Crippen molar-refractivity contribution in [2.75, 3.05) is 26.2 Å². The van der Waals surface area contributed by atoms with Crippen LogP contribution in [0.3, 0.4) is 0 Å². The number of benzene rings is 1. The molecule has 7 nitrogen and oxygen atoms in total. The minimum Gasteiger partial charge on any atom is -0.466 e. The molecule has 0 aliphatic carbocycles. The zero-order valence-electron chi connectivity index (χ0n) is 16.0. The minimum atomic E-state index is -0.696. The zero-order valence-corrected chi connectivity index (χ0v) is 16.0. The quantitative estimate of drug-likeness (QED) is 0.818. The van der Waals surface area contributed by atoms with Crippen molar-refractivity contribution in [3.8, 4) is 0 Å². The molecule has 140 valence electrons. The number of rotatable bonds is 2. The first kappa shape index (κ1) is 18.1. The minimum absolute atomic E-state index is 0.392. The molecule has 2 aliphatic heterocycles. The number of anilines is 1. The second kappa shape index (κ2) is 5.93. The van der Waals surface area contributed by atoms with E-state index in [1.807, 2.05) is 32.2 Å². The number of amides is 1. The fourth-order valence-electron chi connectivity index (χ4n) is 4.42. The molecule has 0 fully saturated rings. The molecule has 7 heteroatoms. The average molecular weight is 359 g/mol. The van der Waals surface area contributed by atoms with E-state index in [9.17, 15) is 9.59 Å². The second-order valence-electron chi connectivity index (χ2n) is 7.19. The van der Waals surface area contributed by atoms with Crippen LogP contribution < -0.4 is 10.3 Å². The van der Waals surface area contributed by atoms with Crippen molar-refractivity contribution in [2.24, 2.45) is 0 Å². The summed E-state index contributed by atoms with van der Waals surface area (Å²) in [5.74, 6) is -0.392. The number of carbonyl (C=O) groups is 2. The summed E-state index contributed by atoms with van der Waals surface area (Å²) in [5, 5.41) is 1.76. The van der Waals surface area contributed by atoms with Crippen molar-refractivity contribution in [1.29, 1.82) is 0 Å². The Balaban J connectivity index is 2.19. The number of hydrogen-bond donors (Lipinski definition) is 1. The topological polar surface area (TPSA) is 71.1 Å². The molecule has 0 aromatic heterocycles. The van der Waals surface area contributed by atoms with Gasteiger partial charge in [-0.2, -0.15) is 0 Å². The number of para-hydroxylation sites is 1. The van der Waals surface area contributed by atoms with Gasteiger partial charge >= 0.3 is 12.1 Å². The number of nitrogens with zero attached hydrogens (tertiary/aromatic N) is 2. The van der Waals surface area contributed by atoms with Crippen molar-refractivity contribution in [2.45, 2.75) is 38.3 Å². The molecule has 1 N–H and O–H groups in total. The van der Waals surface area contributed by atoms with E-state index >= 15 is 0 Å². The number of carbonyl (C=O) groups excluding carboxylic acids is 2. The largest absolute Gasteiger partial charge is 0.466 e. The molecule has 1 aromatic rings. The number of hydrazine groups is 1. The Morgan fingerprint density at radius 2 is 1.81 bits per heavy atom. The molecule has 1 unspecified atom stereocenters. The van der Waals surface area contributed by atoms with Gasteiger partial charge in [-0.3, -0.25) is 5.01 Å². The summed E-state index contributed by atoms with van der Waals surface area (Å²) in [6, 6.07) is 8.12. The van der Waals surface area contributed by atoms with Gasteiger partial charge in [0.15, 0.2) is 0 Å². The molecule has 1 spiro atoms. The molecule has 0 saturated carbocycles. The molecule has 1 aromatic carbocycles. The number of nitrogens with one attached hydrogen (secondary N) is 1. The smallest absolute Gasteiger partial charge is 0.425 e. The molecule has 1 amide bonds. The van der Waals surface area contributed by atoms with Crippen molar-refractivity contribution in [3.05, 3.63) is 41.1 Å². The Labute approximate surface area is 153 Å². The highest BCUT2D eigenvalue weighted by atomic mass is 16.5. The number of fused-ring (bicyclic) bond motifs is 1. The van der Waals surface area contributed by atoms with Crippen molar-refractivity contribution < 1.29 is 19.1 Å².